The normalized spacial score (nSPS) is 17.0. The average molecular weight is 324 g/mol. The first-order chi connectivity index (χ1) is 10.1. The van der Waals surface area contributed by atoms with Crippen molar-refractivity contribution in [2.24, 2.45) is 0 Å². The Bertz CT molecular complexity index is 567. The Hall–Kier alpha value is -1.60. The topological polar surface area (TPSA) is 73.4 Å². The van der Waals surface area contributed by atoms with Crippen molar-refractivity contribution < 1.29 is 14.7 Å². The zero-order chi connectivity index (χ0) is 15.2. The van der Waals surface area contributed by atoms with Crippen molar-refractivity contribution in [1.29, 1.82) is 0 Å². The summed E-state index contributed by atoms with van der Waals surface area (Å²) in [7, 11) is 0. The molecule has 0 radical (unpaired) electrons. The lowest BCUT2D eigenvalue weighted by Crippen LogP contribution is -2.29. The number of nitrogens with one attached hydrogen (secondary N) is 1. The second kappa shape index (κ2) is 7.42. The number of unbranched alkanes of at least 4 members (excludes halogenated alkanes) is 2. The summed E-state index contributed by atoms with van der Waals surface area (Å²) in [5.74, 6) is -0.854. The minimum atomic E-state index is -0.783. The number of thioether (sulfide) groups is 1. The Balaban J connectivity index is 1.86. The molecule has 2 N–H and O–H groups in total. The summed E-state index contributed by atoms with van der Waals surface area (Å²) in [6.45, 7) is 0.548. The highest BCUT2D eigenvalue weighted by atomic mass is 32.2. The standard InChI is InChI=1S/C14H16N2O3S2/c17-12(18)6-2-1-3-8-16-13(19)11(21-14(16)20)9-10-5-4-7-15-10/h4-5,7,9,15H,1-3,6,8H2,(H,17,18)/b11-9+. The number of nitrogens with zero attached hydrogens (tertiary/aromatic N) is 1. The lowest BCUT2D eigenvalue weighted by molar-refractivity contribution is -0.137. The Kier molecular flexibility index (Phi) is 5.58. The predicted molar refractivity (Wildman–Crippen MR) is 86.8 cm³/mol. The van der Waals surface area contributed by atoms with Gasteiger partial charge in [0, 0.05) is 24.9 Å². The van der Waals surface area contributed by atoms with Gasteiger partial charge in [-0.05, 0) is 31.1 Å². The van der Waals surface area contributed by atoms with E-state index >= 15 is 0 Å². The van der Waals surface area contributed by atoms with E-state index in [1.54, 1.807) is 17.2 Å². The van der Waals surface area contributed by atoms with Gasteiger partial charge < -0.3 is 10.1 Å². The third-order valence-electron chi connectivity index (χ3n) is 3.05. The van der Waals surface area contributed by atoms with Gasteiger partial charge in [0.2, 0.25) is 0 Å². The van der Waals surface area contributed by atoms with E-state index in [0.717, 1.165) is 18.5 Å². The summed E-state index contributed by atoms with van der Waals surface area (Å²) >= 11 is 6.54. The number of hydrogen-bond acceptors (Lipinski definition) is 4. The minimum absolute atomic E-state index is 0.0714. The van der Waals surface area contributed by atoms with Crippen molar-refractivity contribution in [2.45, 2.75) is 25.7 Å². The molecule has 5 nitrogen and oxygen atoms in total. The number of H-pyrrole nitrogens is 1. The molecule has 1 aliphatic heterocycles. The van der Waals surface area contributed by atoms with Crippen LogP contribution in [0.5, 0.6) is 0 Å². The van der Waals surface area contributed by atoms with Crippen LogP contribution in [0.1, 0.15) is 31.4 Å². The molecule has 112 valence electrons. The molecule has 0 atom stereocenters. The molecule has 1 aromatic heterocycles. The number of aliphatic carboxylic acids is 1. The summed E-state index contributed by atoms with van der Waals surface area (Å²) in [6.07, 6.45) is 5.93. The van der Waals surface area contributed by atoms with Crippen LogP contribution in [-0.4, -0.2) is 37.7 Å². The van der Waals surface area contributed by atoms with Crippen molar-refractivity contribution in [3.63, 3.8) is 0 Å². The molecule has 0 spiro atoms. The van der Waals surface area contributed by atoms with E-state index in [-0.39, 0.29) is 12.3 Å². The van der Waals surface area contributed by atoms with Gasteiger partial charge in [0.1, 0.15) is 4.32 Å². The fraction of sp³-hybridized carbons (Fsp3) is 0.357. The number of rotatable bonds is 7. The molecule has 0 bridgehead atoms. The van der Waals surface area contributed by atoms with Gasteiger partial charge in [-0.3, -0.25) is 14.5 Å². The van der Waals surface area contributed by atoms with Crippen LogP contribution in [0.4, 0.5) is 0 Å². The molecule has 1 fully saturated rings. The predicted octanol–water partition coefficient (Wildman–Crippen LogP) is 2.86. The Labute approximate surface area is 132 Å². The number of hydrogen-bond donors (Lipinski definition) is 2. The van der Waals surface area contributed by atoms with E-state index in [0.29, 0.717) is 22.2 Å². The van der Waals surface area contributed by atoms with Crippen molar-refractivity contribution in [3.8, 4) is 0 Å². The molecule has 0 aliphatic carbocycles. The van der Waals surface area contributed by atoms with Crippen LogP contribution in [0, 0.1) is 0 Å². The number of thiocarbonyl (C=S) groups is 1. The molecule has 2 rings (SSSR count). The monoisotopic (exact) mass is 324 g/mol. The summed E-state index contributed by atoms with van der Waals surface area (Å²) < 4.78 is 0.566. The summed E-state index contributed by atoms with van der Waals surface area (Å²) in [5, 5.41) is 8.57. The molecule has 1 aromatic rings. The molecule has 1 amide bonds. The highest BCUT2D eigenvalue weighted by molar-refractivity contribution is 8.26. The first-order valence-corrected chi connectivity index (χ1v) is 7.91. The van der Waals surface area contributed by atoms with E-state index < -0.39 is 5.97 Å². The molecule has 0 unspecified atom stereocenters. The summed E-state index contributed by atoms with van der Waals surface area (Å²) in [6, 6.07) is 3.76. The quantitative estimate of drug-likeness (QED) is 0.458. The van der Waals surface area contributed by atoms with Crippen LogP contribution in [0.3, 0.4) is 0 Å². The molecule has 7 heteroatoms. The zero-order valence-corrected chi connectivity index (χ0v) is 13.0. The molecule has 0 aromatic carbocycles. The SMILES string of the molecule is O=C(O)CCCCCN1C(=O)/C(=C\c2ccc[nH]2)SC1=S. The largest absolute Gasteiger partial charge is 0.481 e. The molecular weight excluding hydrogens is 308 g/mol. The van der Waals surface area contributed by atoms with Crippen LogP contribution in [0.25, 0.3) is 6.08 Å². The summed E-state index contributed by atoms with van der Waals surface area (Å²) in [4.78, 5) is 27.9. The Morgan fingerprint density at radius 2 is 2.24 bits per heavy atom. The highest BCUT2D eigenvalue weighted by Crippen LogP contribution is 2.32. The average Bonchev–Trinajstić information content (AvgIpc) is 3.01. The van der Waals surface area contributed by atoms with Crippen molar-refractivity contribution in [2.75, 3.05) is 6.54 Å². The first kappa shape index (κ1) is 15.8. The van der Waals surface area contributed by atoms with Gasteiger partial charge in [0.25, 0.3) is 5.91 Å². The Morgan fingerprint density at radius 3 is 2.90 bits per heavy atom. The lowest BCUT2D eigenvalue weighted by Gasteiger charge is -2.13. The van der Waals surface area contributed by atoms with E-state index in [2.05, 4.69) is 4.98 Å². The lowest BCUT2D eigenvalue weighted by atomic mass is 10.2. The molecule has 1 aliphatic rings. The number of amides is 1. The van der Waals surface area contributed by atoms with Crippen LogP contribution in [0.2, 0.25) is 0 Å². The zero-order valence-electron chi connectivity index (χ0n) is 11.4. The second-order valence-electron chi connectivity index (χ2n) is 4.66. The fourth-order valence-corrected chi connectivity index (χ4v) is 3.29. The molecule has 2 heterocycles. The van der Waals surface area contributed by atoms with Crippen LogP contribution in [-0.2, 0) is 9.59 Å². The fourth-order valence-electron chi connectivity index (χ4n) is 1.99. The smallest absolute Gasteiger partial charge is 0.303 e. The van der Waals surface area contributed by atoms with Crippen LogP contribution < -0.4 is 0 Å². The first-order valence-electron chi connectivity index (χ1n) is 6.68. The number of carbonyl (C=O) groups excluding carboxylic acids is 1. The van der Waals surface area contributed by atoms with E-state index in [1.165, 1.54) is 11.8 Å². The van der Waals surface area contributed by atoms with Gasteiger partial charge in [-0.15, -0.1) is 0 Å². The third kappa shape index (κ3) is 4.44. The number of carboxylic acid groups (broad SMARTS) is 1. The van der Waals surface area contributed by atoms with Gasteiger partial charge in [-0.1, -0.05) is 30.4 Å². The minimum Gasteiger partial charge on any atom is -0.481 e. The van der Waals surface area contributed by atoms with E-state index in [4.69, 9.17) is 17.3 Å². The van der Waals surface area contributed by atoms with E-state index in [1.807, 2.05) is 12.1 Å². The maximum Gasteiger partial charge on any atom is 0.303 e. The highest BCUT2D eigenvalue weighted by Gasteiger charge is 2.31. The van der Waals surface area contributed by atoms with Gasteiger partial charge in [0.15, 0.2) is 0 Å². The second-order valence-corrected chi connectivity index (χ2v) is 6.34. The van der Waals surface area contributed by atoms with E-state index in [9.17, 15) is 9.59 Å². The van der Waals surface area contributed by atoms with Crippen molar-refractivity contribution >= 4 is 46.3 Å². The summed E-state index contributed by atoms with van der Waals surface area (Å²) in [5.41, 5.74) is 0.872. The maximum atomic E-state index is 12.3. The van der Waals surface area contributed by atoms with Crippen LogP contribution >= 0.6 is 24.0 Å². The number of aromatic nitrogens is 1. The maximum absolute atomic E-state index is 12.3. The van der Waals surface area contributed by atoms with Crippen LogP contribution in [0.15, 0.2) is 23.2 Å². The number of carbonyl (C=O) groups is 2. The van der Waals surface area contributed by atoms with Crippen molar-refractivity contribution in [1.82, 2.24) is 9.88 Å². The van der Waals surface area contributed by atoms with Gasteiger partial charge >= 0.3 is 5.97 Å². The number of aromatic amines is 1. The molecule has 21 heavy (non-hydrogen) atoms. The molecule has 0 saturated carbocycles. The number of carboxylic acids is 1. The Morgan fingerprint density at radius 1 is 1.43 bits per heavy atom. The van der Waals surface area contributed by atoms with Crippen molar-refractivity contribution in [3.05, 3.63) is 28.9 Å². The van der Waals surface area contributed by atoms with Gasteiger partial charge in [-0.25, -0.2) is 0 Å². The van der Waals surface area contributed by atoms with Gasteiger partial charge in [0.05, 0.1) is 4.91 Å². The van der Waals surface area contributed by atoms with Gasteiger partial charge in [-0.2, -0.15) is 0 Å². The third-order valence-corrected chi connectivity index (χ3v) is 4.43. The molecular formula is C14H16N2O3S2. The molecule has 1 saturated heterocycles.